The van der Waals surface area contributed by atoms with Crippen LogP contribution in [0.1, 0.15) is 22.3 Å². The lowest BCUT2D eigenvalue weighted by Gasteiger charge is -2.06. The van der Waals surface area contributed by atoms with E-state index in [1.807, 2.05) is 0 Å². The number of halogens is 1. The maximum atomic E-state index is 2.18. The number of benzene rings is 1. The zero-order chi connectivity index (χ0) is 7.72. The van der Waals surface area contributed by atoms with Crippen LogP contribution in [0.5, 0.6) is 0 Å². The number of rotatable bonds is 0. The molecule has 1 aromatic rings. The predicted octanol–water partition coefficient (Wildman–Crippen LogP) is 3.34. The van der Waals surface area contributed by atoms with Gasteiger partial charge in [0, 0.05) is 0 Å². The van der Waals surface area contributed by atoms with Crippen molar-refractivity contribution in [3.63, 3.8) is 0 Å². The Hall–Kier alpha value is -0.490. The van der Waals surface area contributed by atoms with Crippen LogP contribution in [0.3, 0.4) is 0 Å². The van der Waals surface area contributed by atoms with Gasteiger partial charge >= 0.3 is 0 Å². The SMILES string of the molecule is Cc1ccc(C)c(C)c1C.Cl. The molecule has 62 valence electrons. The first-order valence-corrected chi connectivity index (χ1v) is 3.66. The molecule has 0 amide bonds. The fourth-order valence-electron chi connectivity index (χ4n) is 1.09. The van der Waals surface area contributed by atoms with Crippen molar-refractivity contribution >= 4 is 12.4 Å². The summed E-state index contributed by atoms with van der Waals surface area (Å²) in [6.07, 6.45) is 0. The Balaban J connectivity index is 0.000001000. The van der Waals surface area contributed by atoms with Crippen LogP contribution < -0.4 is 0 Å². The molecule has 0 bridgehead atoms. The van der Waals surface area contributed by atoms with Crippen LogP contribution in [0.15, 0.2) is 12.1 Å². The molecule has 1 aromatic carbocycles. The molecule has 0 saturated heterocycles. The highest BCUT2D eigenvalue weighted by molar-refractivity contribution is 5.85. The average molecular weight is 171 g/mol. The second-order valence-corrected chi connectivity index (χ2v) is 2.95. The Morgan fingerprint density at radius 3 is 1.27 bits per heavy atom. The zero-order valence-electron chi connectivity index (χ0n) is 7.56. The Labute approximate surface area is 75.0 Å². The topological polar surface area (TPSA) is 0 Å². The molecule has 0 aliphatic carbocycles. The van der Waals surface area contributed by atoms with Crippen LogP contribution >= 0.6 is 12.4 Å². The molecular weight excluding hydrogens is 156 g/mol. The Morgan fingerprint density at radius 1 is 0.727 bits per heavy atom. The minimum absolute atomic E-state index is 0. The van der Waals surface area contributed by atoms with Crippen molar-refractivity contribution in [2.24, 2.45) is 0 Å². The molecule has 0 nitrogen and oxygen atoms in total. The van der Waals surface area contributed by atoms with Crippen LogP contribution in [0.2, 0.25) is 0 Å². The monoisotopic (exact) mass is 170 g/mol. The van der Waals surface area contributed by atoms with Crippen molar-refractivity contribution in [2.75, 3.05) is 0 Å². The summed E-state index contributed by atoms with van der Waals surface area (Å²) >= 11 is 0. The van der Waals surface area contributed by atoms with Gasteiger partial charge in [0.2, 0.25) is 0 Å². The fraction of sp³-hybridized carbons (Fsp3) is 0.400. The van der Waals surface area contributed by atoms with Gasteiger partial charge in [-0.1, -0.05) is 12.1 Å². The van der Waals surface area contributed by atoms with Crippen molar-refractivity contribution in [1.29, 1.82) is 0 Å². The first-order valence-electron chi connectivity index (χ1n) is 3.66. The Kier molecular flexibility index (Phi) is 3.61. The van der Waals surface area contributed by atoms with Gasteiger partial charge in [0.05, 0.1) is 0 Å². The van der Waals surface area contributed by atoms with E-state index in [-0.39, 0.29) is 12.4 Å². The molecular formula is C10H15Cl. The minimum Gasteiger partial charge on any atom is -0.147 e. The molecule has 11 heavy (non-hydrogen) atoms. The number of aryl methyl sites for hydroxylation is 2. The van der Waals surface area contributed by atoms with Crippen molar-refractivity contribution < 1.29 is 0 Å². The minimum atomic E-state index is 0. The second-order valence-electron chi connectivity index (χ2n) is 2.95. The van der Waals surface area contributed by atoms with Gasteiger partial charge in [-0.3, -0.25) is 0 Å². The van der Waals surface area contributed by atoms with E-state index < -0.39 is 0 Å². The highest BCUT2D eigenvalue weighted by atomic mass is 35.5. The molecule has 1 heteroatoms. The predicted molar refractivity (Wildman–Crippen MR) is 52.6 cm³/mol. The number of hydrogen-bond donors (Lipinski definition) is 0. The summed E-state index contributed by atoms with van der Waals surface area (Å²) in [6.45, 7) is 8.67. The van der Waals surface area contributed by atoms with E-state index in [1.54, 1.807) is 0 Å². The van der Waals surface area contributed by atoms with E-state index in [9.17, 15) is 0 Å². The van der Waals surface area contributed by atoms with Gasteiger partial charge in [0.15, 0.2) is 0 Å². The van der Waals surface area contributed by atoms with E-state index in [0.29, 0.717) is 0 Å². The normalized spacial score (nSPS) is 9.09. The summed E-state index contributed by atoms with van der Waals surface area (Å²) in [4.78, 5) is 0. The summed E-state index contributed by atoms with van der Waals surface area (Å²) in [5.41, 5.74) is 5.64. The van der Waals surface area contributed by atoms with E-state index in [1.165, 1.54) is 22.3 Å². The van der Waals surface area contributed by atoms with Crippen LogP contribution in [-0.2, 0) is 0 Å². The Bertz CT molecular complexity index is 224. The van der Waals surface area contributed by atoms with E-state index in [0.717, 1.165) is 0 Å². The third-order valence-electron chi connectivity index (χ3n) is 2.33. The fourth-order valence-corrected chi connectivity index (χ4v) is 1.09. The van der Waals surface area contributed by atoms with Crippen LogP contribution in [-0.4, -0.2) is 0 Å². The first-order chi connectivity index (χ1) is 4.63. The summed E-state index contributed by atoms with van der Waals surface area (Å²) in [6, 6.07) is 4.36. The molecule has 0 saturated carbocycles. The maximum Gasteiger partial charge on any atom is -0.0392 e. The van der Waals surface area contributed by atoms with E-state index in [2.05, 4.69) is 39.8 Å². The molecule has 0 aromatic heterocycles. The van der Waals surface area contributed by atoms with Gasteiger partial charge < -0.3 is 0 Å². The highest BCUT2D eigenvalue weighted by Crippen LogP contribution is 2.15. The molecule has 0 fully saturated rings. The Morgan fingerprint density at radius 2 is 1.00 bits per heavy atom. The lowest BCUT2D eigenvalue weighted by Crippen LogP contribution is -1.88. The van der Waals surface area contributed by atoms with Crippen LogP contribution in [0.4, 0.5) is 0 Å². The van der Waals surface area contributed by atoms with Gasteiger partial charge in [-0.15, -0.1) is 12.4 Å². The third-order valence-corrected chi connectivity index (χ3v) is 2.33. The van der Waals surface area contributed by atoms with E-state index >= 15 is 0 Å². The van der Waals surface area contributed by atoms with Gasteiger partial charge in [-0.05, 0) is 49.9 Å². The molecule has 0 spiro atoms. The summed E-state index contributed by atoms with van der Waals surface area (Å²) < 4.78 is 0. The molecule has 0 aliphatic rings. The van der Waals surface area contributed by atoms with Gasteiger partial charge in [0.25, 0.3) is 0 Å². The van der Waals surface area contributed by atoms with E-state index in [4.69, 9.17) is 0 Å². The van der Waals surface area contributed by atoms with Gasteiger partial charge in [-0.25, -0.2) is 0 Å². The lowest BCUT2D eigenvalue weighted by molar-refractivity contribution is 1.22. The summed E-state index contributed by atoms with van der Waals surface area (Å²) in [5, 5.41) is 0. The van der Waals surface area contributed by atoms with Gasteiger partial charge in [-0.2, -0.15) is 0 Å². The van der Waals surface area contributed by atoms with Crippen LogP contribution in [0.25, 0.3) is 0 Å². The molecule has 0 N–H and O–H groups in total. The van der Waals surface area contributed by atoms with Crippen molar-refractivity contribution in [2.45, 2.75) is 27.7 Å². The van der Waals surface area contributed by atoms with Crippen LogP contribution in [0, 0.1) is 27.7 Å². The quantitative estimate of drug-likeness (QED) is 0.560. The smallest absolute Gasteiger partial charge is 0.0392 e. The van der Waals surface area contributed by atoms with Crippen molar-refractivity contribution in [1.82, 2.24) is 0 Å². The second kappa shape index (κ2) is 3.77. The largest absolute Gasteiger partial charge is 0.147 e. The molecule has 0 aliphatic heterocycles. The zero-order valence-corrected chi connectivity index (χ0v) is 8.38. The standard InChI is InChI=1S/C10H14.ClH/c1-7-5-6-8(2)10(4)9(7)3;/h5-6H,1-4H3;1H. The van der Waals surface area contributed by atoms with Crippen molar-refractivity contribution in [3.8, 4) is 0 Å². The van der Waals surface area contributed by atoms with Crippen molar-refractivity contribution in [3.05, 3.63) is 34.4 Å². The summed E-state index contributed by atoms with van der Waals surface area (Å²) in [5.74, 6) is 0. The third kappa shape index (κ3) is 1.97. The van der Waals surface area contributed by atoms with Gasteiger partial charge in [0.1, 0.15) is 0 Å². The average Bonchev–Trinajstić information content (AvgIpc) is 1.93. The lowest BCUT2D eigenvalue weighted by atomic mass is 10.0. The molecule has 0 heterocycles. The molecule has 0 radical (unpaired) electrons. The molecule has 0 unspecified atom stereocenters. The number of hydrogen-bond acceptors (Lipinski definition) is 0. The first kappa shape index (κ1) is 10.5. The molecule has 0 atom stereocenters. The highest BCUT2D eigenvalue weighted by Gasteiger charge is 1.97. The molecule has 1 rings (SSSR count). The maximum absolute atomic E-state index is 2.18. The summed E-state index contributed by atoms with van der Waals surface area (Å²) in [7, 11) is 0.